The van der Waals surface area contributed by atoms with Gasteiger partial charge in [-0.15, -0.1) is 0 Å². The van der Waals surface area contributed by atoms with E-state index in [-0.39, 0.29) is 6.42 Å². The lowest BCUT2D eigenvalue weighted by Gasteiger charge is -2.28. The third-order valence-electron chi connectivity index (χ3n) is 3.08. The van der Waals surface area contributed by atoms with Gasteiger partial charge in [0.25, 0.3) is 0 Å². The molecule has 0 aromatic heterocycles. The summed E-state index contributed by atoms with van der Waals surface area (Å²) in [6.07, 6.45) is 2.15. The second kappa shape index (κ2) is 6.86. The van der Waals surface area contributed by atoms with Crippen LogP contribution >= 0.6 is 0 Å². The van der Waals surface area contributed by atoms with E-state index in [4.69, 9.17) is 9.84 Å². The molecule has 0 radical (unpaired) electrons. The zero-order valence-corrected chi connectivity index (χ0v) is 10.3. The maximum absolute atomic E-state index is 10.5. The molecule has 1 fully saturated rings. The molecular formula is C12H23NO3. The molecule has 1 aliphatic rings. The van der Waals surface area contributed by atoms with Crippen LogP contribution in [0.2, 0.25) is 0 Å². The van der Waals surface area contributed by atoms with Gasteiger partial charge in [0.05, 0.1) is 6.61 Å². The molecule has 4 nitrogen and oxygen atoms in total. The van der Waals surface area contributed by atoms with Crippen LogP contribution in [0.5, 0.6) is 0 Å². The summed E-state index contributed by atoms with van der Waals surface area (Å²) in [5, 5.41) is 8.61. The van der Waals surface area contributed by atoms with Crippen molar-refractivity contribution >= 4 is 5.97 Å². The first-order valence-corrected chi connectivity index (χ1v) is 6.13. The van der Waals surface area contributed by atoms with E-state index in [1.165, 1.54) is 0 Å². The van der Waals surface area contributed by atoms with E-state index in [0.717, 1.165) is 39.1 Å². The van der Waals surface area contributed by atoms with Crippen LogP contribution < -0.4 is 0 Å². The number of carbonyl (C=O) groups is 1. The third-order valence-corrected chi connectivity index (χ3v) is 3.08. The predicted octanol–water partition coefficient (Wildman–Crippen LogP) is 1.60. The van der Waals surface area contributed by atoms with Crippen LogP contribution in [0.15, 0.2) is 0 Å². The van der Waals surface area contributed by atoms with E-state index < -0.39 is 5.97 Å². The van der Waals surface area contributed by atoms with Crippen molar-refractivity contribution in [2.45, 2.75) is 39.2 Å². The van der Waals surface area contributed by atoms with Gasteiger partial charge < -0.3 is 14.7 Å². The Morgan fingerprint density at radius 3 is 2.81 bits per heavy atom. The molecule has 0 aliphatic carbocycles. The summed E-state index contributed by atoms with van der Waals surface area (Å²) in [6, 6.07) is 0.481. The number of carboxylic acids is 1. The molecule has 16 heavy (non-hydrogen) atoms. The van der Waals surface area contributed by atoms with Gasteiger partial charge in [-0.1, -0.05) is 0 Å². The Bertz CT molecular complexity index is 212. The SMILES string of the molecule is CC(C)N(CCCC(=O)O)CC1CCOC1. The second-order valence-electron chi connectivity index (χ2n) is 4.82. The van der Waals surface area contributed by atoms with Gasteiger partial charge in [-0.3, -0.25) is 4.79 Å². The lowest BCUT2D eigenvalue weighted by molar-refractivity contribution is -0.137. The molecule has 1 aliphatic heterocycles. The lowest BCUT2D eigenvalue weighted by Crippen LogP contribution is -2.36. The summed E-state index contributed by atoms with van der Waals surface area (Å²) in [4.78, 5) is 12.8. The number of hydrogen-bond donors (Lipinski definition) is 1. The van der Waals surface area contributed by atoms with Gasteiger partial charge >= 0.3 is 5.97 Å². The molecule has 4 heteroatoms. The monoisotopic (exact) mass is 229 g/mol. The van der Waals surface area contributed by atoms with Crippen molar-refractivity contribution in [2.24, 2.45) is 5.92 Å². The Labute approximate surface area is 97.6 Å². The Morgan fingerprint density at radius 1 is 1.56 bits per heavy atom. The van der Waals surface area contributed by atoms with Crippen LogP contribution in [0.25, 0.3) is 0 Å². The van der Waals surface area contributed by atoms with E-state index >= 15 is 0 Å². The smallest absolute Gasteiger partial charge is 0.303 e. The second-order valence-corrected chi connectivity index (χ2v) is 4.82. The Morgan fingerprint density at radius 2 is 2.31 bits per heavy atom. The third kappa shape index (κ3) is 4.94. The first-order chi connectivity index (χ1) is 7.59. The summed E-state index contributed by atoms with van der Waals surface area (Å²) in [7, 11) is 0. The van der Waals surface area contributed by atoms with Crippen LogP contribution in [0, 0.1) is 5.92 Å². The van der Waals surface area contributed by atoms with Crippen molar-refractivity contribution in [1.82, 2.24) is 4.90 Å². The van der Waals surface area contributed by atoms with Crippen molar-refractivity contribution in [2.75, 3.05) is 26.3 Å². The zero-order valence-electron chi connectivity index (χ0n) is 10.3. The van der Waals surface area contributed by atoms with Crippen LogP contribution in [0.4, 0.5) is 0 Å². The Balaban J connectivity index is 2.26. The highest BCUT2D eigenvalue weighted by Crippen LogP contribution is 2.15. The van der Waals surface area contributed by atoms with E-state index in [1.54, 1.807) is 0 Å². The van der Waals surface area contributed by atoms with Crippen LogP contribution in [-0.4, -0.2) is 48.3 Å². The fourth-order valence-corrected chi connectivity index (χ4v) is 2.05. The minimum absolute atomic E-state index is 0.268. The quantitative estimate of drug-likeness (QED) is 0.720. The fraction of sp³-hybridized carbons (Fsp3) is 0.917. The van der Waals surface area contributed by atoms with Gasteiger partial charge in [0.2, 0.25) is 0 Å². The van der Waals surface area contributed by atoms with Gasteiger partial charge in [-0.05, 0) is 39.2 Å². The molecule has 0 spiro atoms. The summed E-state index contributed by atoms with van der Waals surface area (Å²) >= 11 is 0. The van der Waals surface area contributed by atoms with E-state index in [0.29, 0.717) is 12.0 Å². The molecule has 0 aromatic rings. The van der Waals surface area contributed by atoms with Crippen LogP contribution in [-0.2, 0) is 9.53 Å². The molecule has 0 aromatic carbocycles. The maximum atomic E-state index is 10.5. The highest BCUT2D eigenvalue weighted by molar-refractivity contribution is 5.66. The summed E-state index contributed by atoms with van der Waals surface area (Å²) in [5.41, 5.74) is 0. The molecule has 1 rings (SSSR count). The number of carboxylic acid groups (broad SMARTS) is 1. The number of nitrogens with zero attached hydrogens (tertiary/aromatic N) is 1. The first kappa shape index (κ1) is 13.5. The molecule has 0 bridgehead atoms. The fourth-order valence-electron chi connectivity index (χ4n) is 2.05. The number of rotatable bonds is 7. The Hall–Kier alpha value is -0.610. The van der Waals surface area contributed by atoms with Gasteiger partial charge in [0.15, 0.2) is 0 Å². The van der Waals surface area contributed by atoms with E-state index in [1.807, 2.05) is 0 Å². The topological polar surface area (TPSA) is 49.8 Å². The highest BCUT2D eigenvalue weighted by atomic mass is 16.5. The van der Waals surface area contributed by atoms with Crippen molar-refractivity contribution in [3.63, 3.8) is 0 Å². The molecular weight excluding hydrogens is 206 g/mol. The van der Waals surface area contributed by atoms with E-state index in [9.17, 15) is 4.79 Å². The molecule has 1 atom stereocenters. The normalized spacial score (nSPS) is 20.9. The molecule has 94 valence electrons. The highest BCUT2D eigenvalue weighted by Gasteiger charge is 2.20. The van der Waals surface area contributed by atoms with Crippen LogP contribution in [0.3, 0.4) is 0 Å². The number of hydrogen-bond acceptors (Lipinski definition) is 3. The van der Waals surface area contributed by atoms with Gasteiger partial charge in [-0.25, -0.2) is 0 Å². The average Bonchev–Trinajstić information content (AvgIpc) is 2.68. The molecule has 0 saturated carbocycles. The van der Waals surface area contributed by atoms with Gasteiger partial charge in [0, 0.05) is 25.6 Å². The van der Waals surface area contributed by atoms with Gasteiger partial charge in [0.1, 0.15) is 0 Å². The molecule has 1 unspecified atom stereocenters. The summed E-state index contributed by atoms with van der Waals surface area (Å²) < 4.78 is 5.36. The maximum Gasteiger partial charge on any atom is 0.303 e. The van der Waals surface area contributed by atoms with Crippen LogP contribution in [0.1, 0.15) is 33.1 Å². The first-order valence-electron chi connectivity index (χ1n) is 6.13. The largest absolute Gasteiger partial charge is 0.481 e. The Kier molecular flexibility index (Phi) is 5.77. The zero-order chi connectivity index (χ0) is 12.0. The molecule has 1 heterocycles. The number of ether oxygens (including phenoxy) is 1. The standard InChI is InChI=1S/C12H23NO3/c1-10(2)13(6-3-4-12(14)15)8-11-5-7-16-9-11/h10-11H,3-9H2,1-2H3,(H,14,15). The average molecular weight is 229 g/mol. The van der Waals surface area contributed by atoms with Crippen molar-refractivity contribution in [3.8, 4) is 0 Å². The lowest BCUT2D eigenvalue weighted by atomic mass is 10.1. The predicted molar refractivity (Wildman–Crippen MR) is 62.5 cm³/mol. The summed E-state index contributed by atoms with van der Waals surface area (Å²) in [6.45, 7) is 7.98. The van der Waals surface area contributed by atoms with Gasteiger partial charge in [-0.2, -0.15) is 0 Å². The minimum Gasteiger partial charge on any atom is -0.481 e. The van der Waals surface area contributed by atoms with Crippen molar-refractivity contribution < 1.29 is 14.6 Å². The van der Waals surface area contributed by atoms with E-state index in [2.05, 4.69) is 18.7 Å². The molecule has 1 N–H and O–H groups in total. The summed E-state index contributed by atoms with van der Waals surface area (Å²) in [5.74, 6) is -0.0693. The van der Waals surface area contributed by atoms with Crippen molar-refractivity contribution in [3.05, 3.63) is 0 Å². The molecule has 1 saturated heterocycles. The van der Waals surface area contributed by atoms with Crippen molar-refractivity contribution in [1.29, 1.82) is 0 Å². The number of aliphatic carboxylic acids is 1. The molecule has 0 amide bonds. The minimum atomic E-state index is -0.701.